The van der Waals surface area contributed by atoms with Crippen LogP contribution in [-0.4, -0.2) is 51.3 Å². The number of aliphatic hydroxyl groups is 1. The molecule has 23 heavy (non-hydrogen) atoms. The van der Waals surface area contributed by atoms with Gasteiger partial charge in [0, 0.05) is 29.1 Å². The lowest BCUT2D eigenvalue weighted by molar-refractivity contribution is 0.0887. The zero-order valence-corrected chi connectivity index (χ0v) is 13.9. The number of ketones is 1. The lowest BCUT2D eigenvalue weighted by Crippen LogP contribution is -2.36. The number of Topliss-reactive ketones (excluding diaryl/α,β-unsaturated/α-hetero) is 1. The third kappa shape index (κ3) is 2.96. The zero-order valence-electron chi connectivity index (χ0n) is 13.9. The van der Waals surface area contributed by atoms with Gasteiger partial charge in [0.1, 0.15) is 5.76 Å². The minimum absolute atomic E-state index is 0.0879. The Morgan fingerprint density at radius 2 is 2.17 bits per heavy atom. The largest absolute Gasteiger partial charge is 0.395 e. The maximum atomic E-state index is 12.7. The van der Waals surface area contributed by atoms with E-state index in [0.717, 1.165) is 36.5 Å². The first-order chi connectivity index (χ1) is 11.0. The van der Waals surface area contributed by atoms with Crippen molar-refractivity contribution in [2.75, 3.05) is 19.7 Å². The fourth-order valence-corrected chi connectivity index (χ4v) is 3.44. The summed E-state index contributed by atoms with van der Waals surface area (Å²) in [6.45, 7) is 7.08. The van der Waals surface area contributed by atoms with Crippen LogP contribution in [0.3, 0.4) is 0 Å². The number of aromatic nitrogens is 2. The molecule has 0 bridgehead atoms. The smallest absolute Gasteiger partial charge is 0.180 e. The molecule has 6 heteroatoms. The van der Waals surface area contributed by atoms with Gasteiger partial charge < -0.3 is 9.63 Å². The van der Waals surface area contributed by atoms with E-state index in [1.165, 1.54) is 0 Å². The number of carbonyl (C=O) groups is 1. The van der Waals surface area contributed by atoms with E-state index in [1.54, 1.807) is 0 Å². The highest BCUT2D eigenvalue weighted by Crippen LogP contribution is 2.23. The second kappa shape index (κ2) is 6.29. The van der Waals surface area contributed by atoms with Gasteiger partial charge in [-0.3, -0.25) is 14.3 Å². The molecule has 1 aliphatic rings. The maximum absolute atomic E-state index is 12.7. The number of hydrogen-bond acceptors (Lipinski definition) is 5. The molecule has 1 aliphatic heterocycles. The predicted octanol–water partition coefficient (Wildman–Crippen LogP) is 2.03. The summed E-state index contributed by atoms with van der Waals surface area (Å²) in [5.74, 6) is 1.53. The van der Waals surface area contributed by atoms with Gasteiger partial charge in [0.15, 0.2) is 11.6 Å². The van der Waals surface area contributed by atoms with Gasteiger partial charge in [0.25, 0.3) is 0 Å². The van der Waals surface area contributed by atoms with Crippen molar-refractivity contribution in [1.29, 1.82) is 0 Å². The van der Waals surface area contributed by atoms with Crippen LogP contribution >= 0.6 is 0 Å². The van der Waals surface area contributed by atoms with Crippen LogP contribution in [-0.2, 0) is 0 Å². The van der Waals surface area contributed by atoms with Crippen molar-refractivity contribution >= 4 is 5.78 Å². The maximum Gasteiger partial charge on any atom is 0.180 e. The van der Waals surface area contributed by atoms with Crippen LogP contribution in [0.4, 0.5) is 0 Å². The Labute approximate surface area is 135 Å². The molecule has 1 atom stereocenters. The van der Waals surface area contributed by atoms with E-state index in [0.29, 0.717) is 17.9 Å². The number of likely N-dealkylation sites (tertiary alicyclic amines) is 1. The Morgan fingerprint density at radius 3 is 2.83 bits per heavy atom. The number of aryl methyl sites for hydroxylation is 2. The number of hydrogen-bond donors (Lipinski definition) is 1. The molecule has 1 fully saturated rings. The molecule has 0 radical (unpaired) electrons. The molecule has 0 saturated carbocycles. The lowest BCUT2D eigenvalue weighted by atomic mass is 10.1. The van der Waals surface area contributed by atoms with E-state index in [9.17, 15) is 9.90 Å². The second-order valence-corrected chi connectivity index (χ2v) is 6.29. The van der Waals surface area contributed by atoms with Crippen molar-refractivity contribution in [3.8, 4) is 5.82 Å². The van der Waals surface area contributed by atoms with Crippen LogP contribution in [0.25, 0.3) is 5.82 Å². The summed E-state index contributed by atoms with van der Waals surface area (Å²) < 4.78 is 7.08. The van der Waals surface area contributed by atoms with Gasteiger partial charge in [-0.2, -0.15) is 0 Å². The molecular weight excluding hydrogens is 294 g/mol. The van der Waals surface area contributed by atoms with Crippen LogP contribution in [0.1, 0.15) is 40.3 Å². The molecule has 124 valence electrons. The summed E-state index contributed by atoms with van der Waals surface area (Å²) in [4.78, 5) is 14.8. The Bertz CT molecular complexity index is 717. The number of carbonyl (C=O) groups excluding carboxylic acids is 1. The van der Waals surface area contributed by atoms with Gasteiger partial charge in [0.2, 0.25) is 0 Å². The van der Waals surface area contributed by atoms with E-state index in [1.807, 2.05) is 37.5 Å². The quantitative estimate of drug-likeness (QED) is 0.854. The van der Waals surface area contributed by atoms with E-state index < -0.39 is 0 Å². The van der Waals surface area contributed by atoms with Crippen LogP contribution in [0.15, 0.2) is 16.7 Å². The molecule has 0 amide bonds. The third-order valence-corrected chi connectivity index (χ3v) is 4.63. The Balaban J connectivity index is 1.84. The number of nitrogens with zero attached hydrogens (tertiary/aromatic N) is 3. The molecule has 2 aromatic rings. The van der Waals surface area contributed by atoms with Crippen LogP contribution in [0.2, 0.25) is 0 Å². The molecule has 6 nitrogen and oxygen atoms in total. The molecule has 3 heterocycles. The van der Waals surface area contributed by atoms with Gasteiger partial charge in [-0.15, -0.1) is 0 Å². The standard InChI is InChI=1S/C17H23N3O3/c1-11-7-15(13(3)20(11)17-8-12(2)23-18-17)16(22)9-19-6-4-5-14(19)10-21/h7-8,14,21H,4-6,9-10H2,1-3H3. The van der Waals surface area contributed by atoms with Crippen molar-refractivity contribution in [2.24, 2.45) is 0 Å². The SMILES string of the molecule is Cc1cc(-n2c(C)cc(C(=O)CN3CCCC3CO)c2C)no1. The van der Waals surface area contributed by atoms with E-state index >= 15 is 0 Å². The van der Waals surface area contributed by atoms with Crippen LogP contribution < -0.4 is 0 Å². The average molecular weight is 317 g/mol. The first kappa shape index (κ1) is 16.0. The average Bonchev–Trinajstić information content (AvgIpc) is 3.19. The monoisotopic (exact) mass is 317 g/mol. The summed E-state index contributed by atoms with van der Waals surface area (Å²) >= 11 is 0. The number of aliphatic hydroxyl groups excluding tert-OH is 1. The van der Waals surface area contributed by atoms with E-state index in [4.69, 9.17) is 4.52 Å². The van der Waals surface area contributed by atoms with Gasteiger partial charge in [-0.25, -0.2) is 0 Å². The van der Waals surface area contributed by atoms with Gasteiger partial charge >= 0.3 is 0 Å². The molecule has 0 aromatic carbocycles. The first-order valence-electron chi connectivity index (χ1n) is 8.02. The van der Waals surface area contributed by atoms with E-state index in [-0.39, 0.29) is 18.4 Å². The first-order valence-corrected chi connectivity index (χ1v) is 8.02. The van der Waals surface area contributed by atoms with Crippen molar-refractivity contribution in [1.82, 2.24) is 14.6 Å². The normalized spacial score (nSPS) is 18.7. The summed E-state index contributed by atoms with van der Waals surface area (Å²) in [6.07, 6.45) is 2.00. The van der Waals surface area contributed by atoms with Gasteiger partial charge in [-0.1, -0.05) is 5.16 Å². The highest BCUT2D eigenvalue weighted by molar-refractivity contribution is 5.99. The molecule has 0 aliphatic carbocycles. The summed E-state index contributed by atoms with van der Waals surface area (Å²) in [5.41, 5.74) is 2.55. The Morgan fingerprint density at radius 1 is 1.39 bits per heavy atom. The zero-order chi connectivity index (χ0) is 16.6. The number of rotatable bonds is 5. The van der Waals surface area contributed by atoms with Crippen LogP contribution in [0.5, 0.6) is 0 Å². The fraction of sp³-hybridized carbons (Fsp3) is 0.529. The lowest BCUT2D eigenvalue weighted by Gasteiger charge is -2.21. The predicted molar refractivity (Wildman–Crippen MR) is 86.1 cm³/mol. The second-order valence-electron chi connectivity index (χ2n) is 6.29. The molecule has 1 N–H and O–H groups in total. The highest BCUT2D eigenvalue weighted by atomic mass is 16.5. The van der Waals surface area contributed by atoms with Crippen molar-refractivity contribution in [2.45, 2.75) is 39.7 Å². The molecule has 1 unspecified atom stereocenters. The van der Waals surface area contributed by atoms with Crippen LogP contribution in [0, 0.1) is 20.8 Å². The minimum atomic E-state index is 0.0879. The Kier molecular flexibility index (Phi) is 4.37. The van der Waals surface area contributed by atoms with Crippen molar-refractivity contribution in [3.63, 3.8) is 0 Å². The topological polar surface area (TPSA) is 71.5 Å². The minimum Gasteiger partial charge on any atom is -0.395 e. The van der Waals surface area contributed by atoms with Gasteiger partial charge in [-0.05, 0) is 46.2 Å². The molecule has 1 saturated heterocycles. The molecule has 3 rings (SSSR count). The van der Waals surface area contributed by atoms with Crippen molar-refractivity contribution in [3.05, 3.63) is 34.8 Å². The third-order valence-electron chi connectivity index (χ3n) is 4.63. The molecule has 2 aromatic heterocycles. The summed E-state index contributed by atoms with van der Waals surface area (Å²) in [7, 11) is 0. The fourth-order valence-electron chi connectivity index (χ4n) is 3.44. The molecular formula is C17H23N3O3. The Hall–Kier alpha value is -1.92. The van der Waals surface area contributed by atoms with Gasteiger partial charge in [0.05, 0.1) is 13.2 Å². The molecule has 0 spiro atoms. The summed E-state index contributed by atoms with van der Waals surface area (Å²) in [5, 5.41) is 13.4. The van der Waals surface area contributed by atoms with E-state index in [2.05, 4.69) is 10.1 Å². The summed E-state index contributed by atoms with van der Waals surface area (Å²) in [6, 6.07) is 3.88. The van der Waals surface area contributed by atoms with Crippen molar-refractivity contribution < 1.29 is 14.4 Å². The highest BCUT2D eigenvalue weighted by Gasteiger charge is 2.27.